The summed E-state index contributed by atoms with van der Waals surface area (Å²) in [5.74, 6) is -1.03. The third kappa shape index (κ3) is 6.28. The number of halogens is 3. The average molecular weight is 241 g/mol. The molecule has 1 N–H and O–H groups in total. The first-order chi connectivity index (χ1) is 7.41. The Morgan fingerprint density at radius 2 is 2.06 bits per heavy atom. The number of carbonyl (C=O) groups excluding carboxylic acids is 1. The number of hydrogen-bond donors (Lipinski definition) is 1. The minimum atomic E-state index is -4.61. The molecule has 0 unspecified atom stereocenters. The van der Waals surface area contributed by atoms with E-state index in [1.54, 1.807) is 0 Å². The number of ether oxygens (including phenoxy) is 2. The summed E-state index contributed by atoms with van der Waals surface area (Å²) in [4.78, 5) is 10.9. The van der Waals surface area contributed by atoms with E-state index in [0.29, 0.717) is 6.08 Å². The largest absolute Gasteiger partial charge is 0.463 e. The number of allylic oxidation sites excluding steroid dienone is 1. The fourth-order valence-corrected chi connectivity index (χ4v) is 0.823. The molecule has 0 atom stereocenters. The van der Waals surface area contributed by atoms with Gasteiger partial charge in [-0.1, -0.05) is 0 Å². The van der Waals surface area contributed by atoms with E-state index in [0.717, 1.165) is 0 Å². The van der Waals surface area contributed by atoms with Crippen molar-refractivity contribution >= 4 is 5.97 Å². The Kier molecular flexibility index (Phi) is 6.55. The van der Waals surface area contributed by atoms with Crippen LogP contribution < -0.4 is 5.32 Å². The van der Waals surface area contributed by atoms with Crippen LogP contribution in [0.3, 0.4) is 0 Å². The zero-order valence-electron chi connectivity index (χ0n) is 9.06. The highest BCUT2D eigenvalue weighted by Crippen LogP contribution is 2.23. The van der Waals surface area contributed by atoms with Gasteiger partial charge < -0.3 is 14.8 Å². The molecule has 94 valence electrons. The average Bonchev–Trinajstić information content (AvgIpc) is 2.15. The Labute approximate surface area is 91.4 Å². The molecule has 0 aromatic carbocycles. The van der Waals surface area contributed by atoms with Gasteiger partial charge in [-0.05, 0) is 6.92 Å². The van der Waals surface area contributed by atoms with Gasteiger partial charge in [0.2, 0.25) is 0 Å². The zero-order valence-corrected chi connectivity index (χ0v) is 9.06. The van der Waals surface area contributed by atoms with Gasteiger partial charge in [-0.15, -0.1) is 0 Å². The highest BCUT2D eigenvalue weighted by Gasteiger charge is 2.34. The zero-order chi connectivity index (χ0) is 12.6. The van der Waals surface area contributed by atoms with Gasteiger partial charge in [0.15, 0.2) is 0 Å². The van der Waals surface area contributed by atoms with Gasteiger partial charge in [0, 0.05) is 13.7 Å². The Hall–Kier alpha value is -1.24. The normalized spacial score (nSPS) is 12.4. The lowest BCUT2D eigenvalue weighted by Crippen LogP contribution is -2.29. The minimum Gasteiger partial charge on any atom is -0.463 e. The molecule has 0 radical (unpaired) electrons. The molecule has 0 aliphatic rings. The molecular weight excluding hydrogens is 227 g/mol. The van der Waals surface area contributed by atoms with Crippen LogP contribution in [0.15, 0.2) is 11.8 Å². The van der Waals surface area contributed by atoms with Crippen LogP contribution in [-0.4, -0.2) is 39.0 Å². The van der Waals surface area contributed by atoms with Gasteiger partial charge in [-0.3, -0.25) is 0 Å². The second-order valence-electron chi connectivity index (χ2n) is 2.73. The van der Waals surface area contributed by atoms with Gasteiger partial charge in [0.25, 0.3) is 0 Å². The van der Waals surface area contributed by atoms with Crippen LogP contribution in [0, 0.1) is 0 Å². The van der Waals surface area contributed by atoms with E-state index in [-0.39, 0.29) is 19.8 Å². The third-order valence-electron chi connectivity index (χ3n) is 1.48. The van der Waals surface area contributed by atoms with Crippen LogP contribution in [0.4, 0.5) is 13.2 Å². The highest BCUT2D eigenvalue weighted by atomic mass is 19.4. The summed E-state index contributed by atoms with van der Waals surface area (Å²) in [5.41, 5.74) is -1.14. The first kappa shape index (κ1) is 14.8. The summed E-state index contributed by atoms with van der Waals surface area (Å²) >= 11 is 0. The van der Waals surface area contributed by atoms with Gasteiger partial charge >= 0.3 is 12.1 Å². The van der Waals surface area contributed by atoms with Crippen LogP contribution >= 0.6 is 0 Å². The fraction of sp³-hybridized carbons (Fsp3) is 0.667. The van der Waals surface area contributed by atoms with Crippen molar-refractivity contribution in [3.05, 3.63) is 11.8 Å². The van der Waals surface area contributed by atoms with Gasteiger partial charge in [-0.2, -0.15) is 13.2 Å². The number of hydrogen-bond acceptors (Lipinski definition) is 4. The van der Waals surface area contributed by atoms with Crippen molar-refractivity contribution in [2.75, 3.05) is 26.9 Å². The van der Waals surface area contributed by atoms with Crippen molar-refractivity contribution in [3.8, 4) is 0 Å². The van der Waals surface area contributed by atoms with E-state index >= 15 is 0 Å². The Morgan fingerprint density at radius 3 is 2.50 bits per heavy atom. The van der Waals surface area contributed by atoms with Crippen LogP contribution in [0.2, 0.25) is 0 Å². The number of nitrogens with one attached hydrogen (secondary N) is 1. The summed E-state index contributed by atoms with van der Waals surface area (Å²) in [6.07, 6.45) is -4.22. The van der Waals surface area contributed by atoms with Crippen molar-refractivity contribution in [2.45, 2.75) is 13.1 Å². The molecule has 0 saturated heterocycles. The van der Waals surface area contributed by atoms with Gasteiger partial charge in [-0.25, -0.2) is 4.79 Å². The Bertz CT molecular complexity index is 251. The van der Waals surface area contributed by atoms with E-state index in [2.05, 4.69) is 14.8 Å². The summed E-state index contributed by atoms with van der Waals surface area (Å²) in [7, 11) is 1.37. The molecule has 0 rings (SSSR count). The first-order valence-electron chi connectivity index (χ1n) is 4.60. The Morgan fingerprint density at radius 1 is 1.44 bits per heavy atom. The SMILES string of the molecule is CCOC(=O)/C=C(/NCCOC)C(F)(F)F. The monoisotopic (exact) mass is 241 g/mol. The molecule has 0 aromatic rings. The summed E-state index contributed by atoms with van der Waals surface area (Å²) in [6.45, 7) is 1.60. The van der Waals surface area contributed by atoms with E-state index < -0.39 is 17.8 Å². The minimum absolute atomic E-state index is 0.0263. The third-order valence-corrected chi connectivity index (χ3v) is 1.48. The molecular formula is C9H14F3NO3. The predicted molar refractivity (Wildman–Crippen MR) is 50.6 cm³/mol. The number of rotatable bonds is 6. The molecule has 0 aliphatic heterocycles. The van der Waals surface area contributed by atoms with Crippen LogP contribution in [-0.2, 0) is 14.3 Å². The van der Waals surface area contributed by atoms with Gasteiger partial charge in [0.1, 0.15) is 5.70 Å². The molecule has 0 aliphatic carbocycles. The summed E-state index contributed by atoms with van der Waals surface area (Å²) < 4.78 is 46.1. The van der Waals surface area contributed by atoms with E-state index in [1.165, 1.54) is 14.0 Å². The molecule has 0 aromatic heterocycles. The van der Waals surface area contributed by atoms with Crippen molar-refractivity contribution in [1.29, 1.82) is 0 Å². The lowest BCUT2D eigenvalue weighted by molar-refractivity contribution is -0.138. The van der Waals surface area contributed by atoms with Crippen LogP contribution in [0.1, 0.15) is 6.92 Å². The molecule has 0 saturated carbocycles. The molecule has 0 fully saturated rings. The van der Waals surface area contributed by atoms with Crippen LogP contribution in [0.25, 0.3) is 0 Å². The molecule has 4 nitrogen and oxygen atoms in total. The van der Waals surface area contributed by atoms with Crippen LogP contribution in [0.5, 0.6) is 0 Å². The number of methoxy groups -OCH3 is 1. The quantitative estimate of drug-likeness (QED) is 0.431. The molecule has 0 amide bonds. The maximum atomic E-state index is 12.4. The van der Waals surface area contributed by atoms with E-state index in [1.807, 2.05) is 0 Å². The topological polar surface area (TPSA) is 47.6 Å². The Balaban J connectivity index is 4.48. The maximum Gasteiger partial charge on any atom is 0.431 e. The number of esters is 1. The summed E-state index contributed by atoms with van der Waals surface area (Å²) in [5, 5.41) is 2.06. The van der Waals surface area contributed by atoms with Crippen molar-refractivity contribution in [1.82, 2.24) is 5.32 Å². The molecule has 7 heteroatoms. The second-order valence-corrected chi connectivity index (χ2v) is 2.73. The lowest BCUT2D eigenvalue weighted by atomic mass is 10.3. The number of carbonyl (C=O) groups is 1. The van der Waals surface area contributed by atoms with Crippen molar-refractivity contribution in [2.24, 2.45) is 0 Å². The van der Waals surface area contributed by atoms with Crippen molar-refractivity contribution < 1.29 is 27.4 Å². The molecule has 0 spiro atoms. The van der Waals surface area contributed by atoms with Crippen molar-refractivity contribution in [3.63, 3.8) is 0 Å². The maximum absolute atomic E-state index is 12.4. The van der Waals surface area contributed by atoms with E-state index in [4.69, 9.17) is 0 Å². The highest BCUT2D eigenvalue weighted by molar-refractivity contribution is 5.82. The molecule has 0 bridgehead atoms. The predicted octanol–water partition coefficient (Wildman–Crippen LogP) is 1.23. The van der Waals surface area contributed by atoms with E-state index in [9.17, 15) is 18.0 Å². The smallest absolute Gasteiger partial charge is 0.431 e. The van der Waals surface area contributed by atoms with Gasteiger partial charge in [0.05, 0.1) is 19.3 Å². The summed E-state index contributed by atoms with van der Waals surface area (Å²) in [6, 6.07) is 0. The fourth-order valence-electron chi connectivity index (χ4n) is 0.823. The molecule has 16 heavy (non-hydrogen) atoms. The second kappa shape index (κ2) is 7.10. The molecule has 0 heterocycles. The first-order valence-corrected chi connectivity index (χ1v) is 4.60. The number of alkyl halides is 3. The standard InChI is InChI=1S/C9H14F3NO3/c1-3-16-8(14)6-7(9(10,11)12)13-4-5-15-2/h6,13H,3-5H2,1-2H3/b7-6+. The lowest BCUT2D eigenvalue weighted by Gasteiger charge is -2.13.